The molecule has 2 aliphatic rings. The molecule has 2 aliphatic heterocycles. The molecule has 3 heterocycles. The SMILES string of the molecule is Cc1cccc2c1OCC(CN1CCC(n3c(=O)[nH]c4cc(C(F)(F)F)ccc43)CC1)O2. The van der Waals surface area contributed by atoms with Gasteiger partial charge in [0.15, 0.2) is 11.5 Å². The Labute approximate surface area is 182 Å². The number of piperidine rings is 1. The number of fused-ring (bicyclic) bond motifs is 2. The normalized spacial score (nSPS) is 20.1. The summed E-state index contributed by atoms with van der Waals surface area (Å²) in [6.07, 6.45) is -3.05. The van der Waals surface area contributed by atoms with Crippen LogP contribution in [0.5, 0.6) is 11.5 Å². The van der Waals surface area contributed by atoms with E-state index in [2.05, 4.69) is 9.88 Å². The van der Waals surface area contributed by atoms with Crippen LogP contribution >= 0.6 is 0 Å². The summed E-state index contributed by atoms with van der Waals surface area (Å²) in [4.78, 5) is 17.4. The fourth-order valence-electron chi connectivity index (χ4n) is 4.70. The number of aromatic nitrogens is 2. The van der Waals surface area contributed by atoms with Crippen molar-refractivity contribution in [1.29, 1.82) is 0 Å². The Bertz CT molecular complexity index is 1190. The van der Waals surface area contributed by atoms with Gasteiger partial charge in [-0.25, -0.2) is 4.79 Å². The van der Waals surface area contributed by atoms with Crippen molar-refractivity contribution in [2.24, 2.45) is 0 Å². The van der Waals surface area contributed by atoms with Crippen molar-refractivity contribution >= 4 is 11.0 Å². The van der Waals surface area contributed by atoms with Gasteiger partial charge in [0.1, 0.15) is 12.7 Å². The number of H-pyrrole nitrogens is 1. The van der Waals surface area contributed by atoms with Gasteiger partial charge < -0.3 is 14.5 Å². The molecule has 3 aromatic rings. The largest absolute Gasteiger partial charge is 0.486 e. The summed E-state index contributed by atoms with van der Waals surface area (Å²) >= 11 is 0. The maximum Gasteiger partial charge on any atom is 0.416 e. The van der Waals surface area contributed by atoms with Gasteiger partial charge in [-0.1, -0.05) is 12.1 Å². The van der Waals surface area contributed by atoms with Crippen LogP contribution in [0.1, 0.15) is 30.0 Å². The first kappa shape index (κ1) is 20.9. The number of rotatable bonds is 3. The summed E-state index contributed by atoms with van der Waals surface area (Å²) in [5.74, 6) is 1.56. The molecule has 9 heteroatoms. The monoisotopic (exact) mass is 447 g/mol. The summed E-state index contributed by atoms with van der Waals surface area (Å²) in [6, 6.07) is 9.20. The predicted molar refractivity (Wildman–Crippen MR) is 113 cm³/mol. The highest BCUT2D eigenvalue weighted by Gasteiger charge is 2.32. The summed E-state index contributed by atoms with van der Waals surface area (Å²) in [6.45, 7) is 4.73. The van der Waals surface area contributed by atoms with Gasteiger partial charge in [-0.05, 0) is 49.6 Å². The summed E-state index contributed by atoms with van der Waals surface area (Å²) in [5.41, 5.74) is 0.646. The number of benzene rings is 2. The van der Waals surface area contributed by atoms with Crippen molar-refractivity contribution in [3.63, 3.8) is 0 Å². The van der Waals surface area contributed by atoms with Crippen molar-refractivity contribution in [2.75, 3.05) is 26.2 Å². The minimum atomic E-state index is -4.44. The molecule has 0 bridgehead atoms. The van der Waals surface area contributed by atoms with Crippen molar-refractivity contribution in [2.45, 2.75) is 38.1 Å². The Morgan fingerprint density at radius 2 is 1.94 bits per heavy atom. The fraction of sp³-hybridized carbons (Fsp3) is 0.435. The number of likely N-dealkylation sites (tertiary alicyclic amines) is 1. The first-order valence-electron chi connectivity index (χ1n) is 10.7. The maximum atomic E-state index is 13.0. The van der Waals surface area contributed by atoms with Crippen LogP contribution in [-0.2, 0) is 6.18 Å². The third kappa shape index (κ3) is 3.85. The Morgan fingerprint density at radius 1 is 1.16 bits per heavy atom. The zero-order valence-electron chi connectivity index (χ0n) is 17.6. The molecule has 0 radical (unpaired) electrons. The molecule has 1 fully saturated rings. The van der Waals surface area contributed by atoms with Crippen molar-refractivity contribution in [3.05, 3.63) is 58.0 Å². The summed E-state index contributed by atoms with van der Waals surface area (Å²) in [7, 11) is 0. The summed E-state index contributed by atoms with van der Waals surface area (Å²) < 4.78 is 52.6. The van der Waals surface area contributed by atoms with Gasteiger partial charge in [0.25, 0.3) is 0 Å². The quantitative estimate of drug-likeness (QED) is 0.656. The number of aromatic amines is 1. The average molecular weight is 447 g/mol. The number of alkyl halides is 3. The molecule has 1 saturated heterocycles. The second-order valence-corrected chi connectivity index (χ2v) is 8.51. The number of imidazole rings is 1. The standard InChI is InChI=1S/C23H24F3N3O3/c1-14-3-2-4-20-21(14)31-13-17(32-20)12-28-9-7-16(8-10-28)29-19-6-5-15(23(24,25)26)11-18(19)27-22(29)30/h2-6,11,16-17H,7-10,12-13H2,1H3,(H,27,30). The van der Waals surface area contributed by atoms with Crippen molar-refractivity contribution in [1.82, 2.24) is 14.5 Å². The van der Waals surface area contributed by atoms with Crippen molar-refractivity contribution < 1.29 is 22.6 Å². The average Bonchev–Trinajstić information content (AvgIpc) is 3.09. The van der Waals surface area contributed by atoms with Gasteiger partial charge in [-0.15, -0.1) is 0 Å². The number of hydrogen-bond acceptors (Lipinski definition) is 4. The van der Waals surface area contributed by atoms with E-state index in [1.165, 1.54) is 6.07 Å². The van der Waals surface area contributed by atoms with Crippen LogP contribution in [0.15, 0.2) is 41.2 Å². The Hall–Kier alpha value is -2.94. The number of aryl methyl sites for hydroxylation is 1. The minimum Gasteiger partial charge on any atom is -0.486 e. The van der Waals surface area contributed by atoms with Crippen LogP contribution in [0.3, 0.4) is 0 Å². The summed E-state index contributed by atoms with van der Waals surface area (Å²) in [5, 5.41) is 0. The Balaban J connectivity index is 1.25. The van der Waals surface area contributed by atoms with E-state index in [-0.39, 0.29) is 23.4 Å². The van der Waals surface area contributed by atoms with Crippen LogP contribution in [0.25, 0.3) is 11.0 Å². The van der Waals surface area contributed by atoms with Crippen LogP contribution in [0.2, 0.25) is 0 Å². The zero-order valence-corrected chi connectivity index (χ0v) is 17.6. The molecule has 0 amide bonds. The maximum absolute atomic E-state index is 13.0. The molecule has 1 unspecified atom stereocenters. The van der Waals surface area contributed by atoms with Gasteiger partial charge in [-0.3, -0.25) is 9.47 Å². The van der Waals surface area contributed by atoms with E-state index in [4.69, 9.17) is 9.47 Å². The first-order valence-corrected chi connectivity index (χ1v) is 10.7. The molecule has 1 atom stereocenters. The molecule has 1 aromatic heterocycles. The Kier molecular flexibility index (Phi) is 5.16. The highest BCUT2D eigenvalue weighted by Crippen LogP contribution is 2.35. The number of halogens is 3. The number of para-hydroxylation sites is 1. The van der Waals surface area contributed by atoms with Crippen LogP contribution in [0.4, 0.5) is 13.2 Å². The van der Waals surface area contributed by atoms with Gasteiger partial charge in [-0.2, -0.15) is 13.2 Å². The van der Waals surface area contributed by atoms with E-state index in [9.17, 15) is 18.0 Å². The lowest BCUT2D eigenvalue weighted by Gasteiger charge is -2.36. The van der Waals surface area contributed by atoms with E-state index in [1.807, 2.05) is 25.1 Å². The second kappa shape index (κ2) is 7.88. The Morgan fingerprint density at radius 3 is 2.69 bits per heavy atom. The van der Waals surface area contributed by atoms with E-state index in [1.54, 1.807) is 4.57 Å². The molecular weight excluding hydrogens is 423 g/mol. The predicted octanol–water partition coefficient (Wildman–Crippen LogP) is 4.13. The number of nitrogens with one attached hydrogen (secondary N) is 1. The van der Waals surface area contributed by atoms with Crippen LogP contribution < -0.4 is 15.2 Å². The number of nitrogens with zero attached hydrogens (tertiary/aromatic N) is 2. The molecule has 0 spiro atoms. The van der Waals surface area contributed by atoms with Gasteiger partial charge in [0.05, 0.1) is 16.6 Å². The second-order valence-electron chi connectivity index (χ2n) is 8.51. The first-order chi connectivity index (χ1) is 15.3. The van der Waals surface area contributed by atoms with E-state index >= 15 is 0 Å². The number of hydrogen-bond donors (Lipinski definition) is 1. The molecule has 0 saturated carbocycles. The number of ether oxygens (including phenoxy) is 2. The lowest BCUT2D eigenvalue weighted by molar-refractivity contribution is -0.137. The molecule has 5 rings (SSSR count). The lowest BCUT2D eigenvalue weighted by atomic mass is 10.0. The van der Waals surface area contributed by atoms with E-state index in [0.717, 1.165) is 61.7 Å². The molecule has 0 aliphatic carbocycles. The molecule has 2 aromatic carbocycles. The van der Waals surface area contributed by atoms with Crippen molar-refractivity contribution in [3.8, 4) is 11.5 Å². The highest BCUT2D eigenvalue weighted by atomic mass is 19.4. The third-order valence-electron chi connectivity index (χ3n) is 6.31. The van der Waals surface area contributed by atoms with Gasteiger partial charge >= 0.3 is 11.9 Å². The van der Waals surface area contributed by atoms with Crippen LogP contribution in [0, 0.1) is 6.92 Å². The minimum absolute atomic E-state index is 0.0591. The van der Waals surface area contributed by atoms with E-state index < -0.39 is 11.7 Å². The highest BCUT2D eigenvalue weighted by molar-refractivity contribution is 5.76. The lowest BCUT2D eigenvalue weighted by Crippen LogP contribution is -2.45. The molecule has 32 heavy (non-hydrogen) atoms. The molecule has 1 N–H and O–H groups in total. The van der Waals surface area contributed by atoms with Crippen LogP contribution in [-0.4, -0.2) is 46.8 Å². The van der Waals surface area contributed by atoms with E-state index in [0.29, 0.717) is 12.1 Å². The zero-order chi connectivity index (χ0) is 22.5. The molecule has 6 nitrogen and oxygen atoms in total. The smallest absolute Gasteiger partial charge is 0.416 e. The van der Waals surface area contributed by atoms with Gasteiger partial charge in [0.2, 0.25) is 0 Å². The topological polar surface area (TPSA) is 59.5 Å². The fourth-order valence-corrected chi connectivity index (χ4v) is 4.70. The third-order valence-corrected chi connectivity index (χ3v) is 6.31. The molecular formula is C23H24F3N3O3. The van der Waals surface area contributed by atoms with Gasteiger partial charge in [0, 0.05) is 25.7 Å². The molecule has 170 valence electrons.